The molecule has 2 heterocycles. The number of benzene rings is 2. The van der Waals surface area contributed by atoms with Gasteiger partial charge >= 0.3 is 0 Å². The summed E-state index contributed by atoms with van der Waals surface area (Å²) >= 11 is 20.3. The Bertz CT molecular complexity index is 1180. The predicted molar refractivity (Wildman–Crippen MR) is 150 cm³/mol. The molecule has 1 aliphatic rings. The van der Waals surface area contributed by atoms with Crippen LogP contribution in [0.25, 0.3) is 0 Å². The molecule has 1 aromatic heterocycles. The zero-order valence-corrected chi connectivity index (χ0v) is 23.3. The number of hydrogen-bond acceptors (Lipinski definition) is 8. The second kappa shape index (κ2) is 12.2. The Hall–Kier alpha value is -2.39. The standard InChI is InChI=1S/C25H27Cl3N4O3S/c1-33-20-13-16(14-21(34-2)22(20)35-3)18-15-19(32(30-18)17-7-5-4-6-8-17)23-24(28)29-25(36-23)31(11-9-26)12-10-27/h4-8,13-14,19H,9-12,15H2,1-3H3. The van der Waals surface area contributed by atoms with Gasteiger partial charge < -0.3 is 19.1 Å². The highest BCUT2D eigenvalue weighted by atomic mass is 35.5. The highest BCUT2D eigenvalue weighted by molar-refractivity contribution is 7.16. The van der Waals surface area contributed by atoms with Crippen molar-refractivity contribution in [2.75, 3.05) is 56.1 Å². The molecule has 4 rings (SSSR count). The summed E-state index contributed by atoms with van der Waals surface area (Å²) in [6, 6.07) is 13.7. The molecule has 192 valence electrons. The molecule has 1 unspecified atom stereocenters. The van der Waals surface area contributed by atoms with Crippen LogP contribution < -0.4 is 24.1 Å². The number of hydrazone groups is 1. The third kappa shape index (κ3) is 5.47. The van der Waals surface area contributed by atoms with E-state index < -0.39 is 0 Å². The molecule has 7 nitrogen and oxygen atoms in total. The van der Waals surface area contributed by atoms with E-state index in [0.29, 0.717) is 53.7 Å². The Kier molecular flexibility index (Phi) is 9.06. The van der Waals surface area contributed by atoms with Crippen molar-refractivity contribution < 1.29 is 14.2 Å². The quantitative estimate of drug-likeness (QED) is 0.247. The topological polar surface area (TPSA) is 59.4 Å². The first-order chi connectivity index (χ1) is 17.5. The van der Waals surface area contributed by atoms with E-state index in [1.165, 1.54) is 0 Å². The van der Waals surface area contributed by atoms with Gasteiger partial charge in [0.25, 0.3) is 0 Å². The number of halogens is 3. The van der Waals surface area contributed by atoms with Crippen molar-refractivity contribution in [1.29, 1.82) is 0 Å². The minimum Gasteiger partial charge on any atom is -0.493 e. The minimum absolute atomic E-state index is 0.144. The number of aromatic nitrogens is 1. The van der Waals surface area contributed by atoms with E-state index in [1.807, 2.05) is 47.5 Å². The molecule has 0 N–H and O–H groups in total. The summed E-state index contributed by atoms with van der Waals surface area (Å²) in [5.74, 6) is 2.61. The first-order valence-corrected chi connectivity index (χ1v) is 13.6. The fourth-order valence-electron chi connectivity index (χ4n) is 4.11. The summed E-state index contributed by atoms with van der Waals surface area (Å²) in [6.45, 7) is 1.27. The molecule has 0 fully saturated rings. The van der Waals surface area contributed by atoms with Crippen LogP contribution in [-0.4, -0.2) is 56.9 Å². The average Bonchev–Trinajstić information content (AvgIpc) is 3.52. The summed E-state index contributed by atoms with van der Waals surface area (Å²) in [5, 5.41) is 8.27. The van der Waals surface area contributed by atoms with Crippen molar-refractivity contribution in [3.8, 4) is 17.2 Å². The second-order valence-electron chi connectivity index (χ2n) is 7.88. The molecule has 0 radical (unpaired) electrons. The maximum absolute atomic E-state index is 6.72. The fraction of sp³-hybridized carbons (Fsp3) is 0.360. The molecule has 0 spiro atoms. The van der Waals surface area contributed by atoms with Gasteiger partial charge in [0, 0.05) is 36.8 Å². The van der Waals surface area contributed by atoms with Crippen LogP contribution >= 0.6 is 46.1 Å². The Morgan fingerprint density at radius 1 is 1.00 bits per heavy atom. The van der Waals surface area contributed by atoms with Crippen LogP contribution in [0.3, 0.4) is 0 Å². The Labute approximate surface area is 230 Å². The zero-order chi connectivity index (χ0) is 25.7. The number of ether oxygens (including phenoxy) is 3. The third-order valence-corrected chi connectivity index (χ3v) is 7.77. The lowest BCUT2D eigenvalue weighted by atomic mass is 10.0. The van der Waals surface area contributed by atoms with Crippen molar-refractivity contribution in [3.63, 3.8) is 0 Å². The van der Waals surface area contributed by atoms with Crippen molar-refractivity contribution in [2.45, 2.75) is 12.5 Å². The molecule has 0 saturated heterocycles. The number of alkyl halides is 2. The van der Waals surface area contributed by atoms with Gasteiger partial charge in [-0.05, 0) is 24.3 Å². The fourth-order valence-corrected chi connectivity index (χ4v) is 5.98. The normalized spacial score (nSPS) is 15.1. The number of para-hydroxylation sites is 1. The molecule has 0 saturated carbocycles. The van der Waals surface area contributed by atoms with Gasteiger partial charge in [-0.1, -0.05) is 41.1 Å². The van der Waals surface area contributed by atoms with Crippen LogP contribution in [-0.2, 0) is 0 Å². The van der Waals surface area contributed by atoms with Crippen LogP contribution in [0, 0.1) is 0 Å². The van der Waals surface area contributed by atoms with E-state index in [2.05, 4.69) is 9.88 Å². The molecule has 36 heavy (non-hydrogen) atoms. The van der Waals surface area contributed by atoms with Crippen LogP contribution in [0.2, 0.25) is 5.15 Å². The summed E-state index contributed by atoms with van der Waals surface area (Å²) < 4.78 is 16.6. The molecule has 3 aromatic rings. The monoisotopic (exact) mass is 568 g/mol. The van der Waals surface area contributed by atoms with Crippen molar-refractivity contribution in [3.05, 3.63) is 58.1 Å². The van der Waals surface area contributed by atoms with Gasteiger partial charge in [0.2, 0.25) is 5.75 Å². The Morgan fingerprint density at radius 3 is 2.19 bits per heavy atom. The Balaban J connectivity index is 1.76. The maximum atomic E-state index is 6.72. The summed E-state index contributed by atoms with van der Waals surface area (Å²) in [4.78, 5) is 7.64. The van der Waals surface area contributed by atoms with Crippen molar-refractivity contribution in [1.82, 2.24) is 4.98 Å². The molecule has 11 heteroatoms. The molecular weight excluding hydrogens is 543 g/mol. The lowest BCUT2D eigenvalue weighted by Gasteiger charge is -2.23. The van der Waals surface area contributed by atoms with Crippen LogP contribution in [0.15, 0.2) is 47.6 Å². The van der Waals surface area contributed by atoms with E-state index in [9.17, 15) is 0 Å². The SMILES string of the molecule is COc1cc(C2=NN(c3ccccc3)C(c3sc(N(CCCl)CCCl)nc3Cl)C2)cc(OC)c1OC. The van der Waals surface area contributed by atoms with E-state index in [-0.39, 0.29) is 6.04 Å². The van der Waals surface area contributed by atoms with Crippen molar-refractivity contribution in [2.24, 2.45) is 5.10 Å². The van der Waals surface area contributed by atoms with Gasteiger partial charge in [-0.3, -0.25) is 5.01 Å². The zero-order valence-electron chi connectivity index (χ0n) is 20.2. The van der Waals surface area contributed by atoms with Gasteiger partial charge in [-0.2, -0.15) is 5.10 Å². The molecule has 2 aromatic carbocycles. The second-order valence-corrected chi connectivity index (χ2v) is 10.0. The number of thiazole rings is 1. The van der Waals surface area contributed by atoms with Gasteiger partial charge in [0.15, 0.2) is 16.6 Å². The van der Waals surface area contributed by atoms with Gasteiger partial charge in [-0.15, -0.1) is 23.2 Å². The minimum atomic E-state index is -0.144. The summed E-state index contributed by atoms with van der Waals surface area (Å²) in [7, 11) is 4.78. The van der Waals surface area contributed by atoms with E-state index in [0.717, 1.165) is 27.0 Å². The van der Waals surface area contributed by atoms with E-state index in [4.69, 9.17) is 54.1 Å². The molecule has 0 aliphatic carbocycles. The smallest absolute Gasteiger partial charge is 0.203 e. The van der Waals surface area contributed by atoms with Gasteiger partial charge in [0.05, 0.1) is 43.6 Å². The molecule has 0 amide bonds. The van der Waals surface area contributed by atoms with E-state index >= 15 is 0 Å². The molecule has 1 aliphatic heterocycles. The molecule has 1 atom stereocenters. The van der Waals surface area contributed by atoms with Crippen LogP contribution in [0.5, 0.6) is 17.2 Å². The maximum Gasteiger partial charge on any atom is 0.203 e. The molecule has 0 bridgehead atoms. The predicted octanol–water partition coefficient (Wildman–Crippen LogP) is 6.46. The highest BCUT2D eigenvalue weighted by Crippen LogP contribution is 2.45. The average molecular weight is 570 g/mol. The lowest BCUT2D eigenvalue weighted by molar-refractivity contribution is 0.324. The van der Waals surface area contributed by atoms with Crippen LogP contribution in [0.4, 0.5) is 10.8 Å². The summed E-state index contributed by atoms with van der Waals surface area (Å²) in [5.41, 5.74) is 2.70. The number of hydrogen-bond donors (Lipinski definition) is 0. The van der Waals surface area contributed by atoms with Gasteiger partial charge in [-0.25, -0.2) is 4.98 Å². The third-order valence-electron chi connectivity index (χ3n) is 5.81. The van der Waals surface area contributed by atoms with Crippen molar-refractivity contribution >= 4 is 62.7 Å². The number of nitrogens with zero attached hydrogens (tertiary/aromatic N) is 4. The summed E-state index contributed by atoms with van der Waals surface area (Å²) in [6.07, 6.45) is 0.611. The number of methoxy groups -OCH3 is 3. The first-order valence-electron chi connectivity index (χ1n) is 11.3. The van der Waals surface area contributed by atoms with Gasteiger partial charge in [0.1, 0.15) is 5.15 Å². The largest absolute Gasteiger partial charge is 0.493 e. The highest BCUT2D eigenvalue weighted by Gasteiger charge is 2.34. The number of rotatable bonds is 11. The lowest BCUT2D eigenvalue weighted by Crippen LogP contribution is -2.27. The van der Waals surface area contributed by atoms with Crippen LogP contribution in [0.1, 0.15) is 22.9 Å². The molecular formula is C25H27Cl3N4O3S. The Morgan fingerprint density at radius 2 is 1.64 bits per heavy atom. The number of anilines is 2. The first kappa shape index (κ1) is 26.7. The van der Waals surface area contributed by atoms with E-state index in [1.54, 1.807) is 32.7 Å².